The van der Waals surface area contributed by atoms with Gasteiger partial charge < -0.3 is 0 Å². The largest absolute Gasteiger partial charge is 0.277 e. The Morgan fingerprint density at radius 2 is 1.61 bits per heavy atom. The summed E-state index contributed by atoms with van der Waals surface area (Å²) in [6.07, 6.45) is 1.85. The van der Waals surface area contributed by atoms with Gasteiger partial charge in [-0.25, -0.2) is 12.8 Å². The molecule has 3 aromatic rings. The van der Waals surface area contributed by atoms with Crippen LogP contribution in [0.5, 0.6) is 0 Å². The summed E-state index contributed by atoms with van der Waals surface area (Å²) >= 11 is 0. The van der Waals surface area contributed by atoms with Crippen molar-refractivity contribution in [2.75, 3.05) is 4.72 Å². The predicted molar refractivity (Wildman–Crippen MR) is 88.6 cm³/mol. The van der Waals surface area contributed by atoms with E-state index in [1.807, 2.05) is 24.3 Å². The van der Waals surface area contributed by atoms with Crippen LogP contribution in [0.15, 0.2) is 59.5 Å². The molecule has 3 nitrogen and oxygen atoms in total. The molecule has 5 heteroatoms. The minimum atomic E-state index is -3.86. The quantitative estimate of drug-likeness (QED) is 0.793. The third kappa shape index (κ3) is 2.28. The van der Waals surface area contributed by atoms with Gasteiger partial charge in [0.25, 0.3) is 10.0 Å². The van der Waals surface area contributed by atoms with Crippen molar-refractivity contribution >= 4 is 26.5 Å². The summed E-state index contributed by atoms with van der Waals surface area (Å²) in [5.74, 6) is -0.595. The molecule has 0 atom stereocenters. The lowest BCUT2D eigenvalue weighted by Crippen LogP contribution is -2.14. The van der Waals surface area contributed by atoms with Crippen molar-refractivity contribution in [3.63, 3.8) is 0 Å². The number of rotatable bonds is 3. The van der Waals surface area contributed by atoms with Crippen LogP contribution in [0.25, 0.3) is 10.8 Å². The van der Waals surface area contributed by atoms with Gasteiger partial charge in [0.05, 0.1) is 10.6 Å². The van der Waals surface area contributed by atoms with Crippen LogP contribution in [0.3, 0.4) is 0 Å². The van der Waals surface area contributed by atoms with Crippen molar-refractivity contribution in [1.82, 2.24) is 0 Å². The van der Waals surface area contributed by atoms with Gasteiger partial charge in [-0.05, 0) is 47.6 Å². The van der Waals surface area contributed by atoms with Crippen LogP contribution in [0, 0.1) is 5.82 Å². The summed E-state index contributed by atoms with van der Waals surface area (Å²) in [5.41, 5.74) is 2.29. The highest BCUT2D eigenvalue weighted by atomic mass is 32.2. The Morgan fingerprint density at radius 3 is 2.39 bits per heavy atom. The van der Waals surface area contributed by atoms with Crippen LogP contribution in [0.4, 0.5) is 10.1 Å². The molecule has 0 amide bonds. The molecule has 0 unspecified atom stereocenters. The molecular formula is C18H14FNO2S. The molecule has 0 heterocycles. The smallest absolute Gasteiger partial charge is 0.262 e. The van der Waals surface area contributed by atoms with E-state index in [0.29, 0.717) is 5.39 Å². The first kappa shape index (κ1) is 14.2. The molecule has 0 spiro atoms. The number of nitrogens with one attached hydrogen (secondary N) is 1. The van der Waals surface area contributed by atoms with Crippen molar-refractivity contribution in [3.05, 3.63) is 71.5 Å². The molecule has 1 N–H and O–H groups in total. The van der Waals surface area contributed by atoms with E-state index < -0.39 is 15.8 Å². The lowest BCUT2D eigenvalue weighted by atomic mass is 10.1. The first-order valence-electron chi connectivity index (χ1n) is 7.37. The van der Waals surface area contributed by atoms with E-state index in [0.717, 1.165) is 18.2 Å². The average Bonchev–Trinajstić information content (AvgIpc) is 2.95. The first-order valence-corrected chi connectivity index (χ1v) is 8.85. The third-order valence-corrected chi connectivity index (χ3v) is 5.67. The summed E-state index contributed by atoms with van der Waals surface area (Å²) in [6.45, 7) is 0. The van der Waals surface area contributed by atoms with Crippen molar-refractivity contribution in [2.45, 2.75) is 17.7 Å². The number of halogens is 1. The van der Waals surface area contributed by atoms with E-state index in [1.54, 1.807) is 12.1 Å². The molecule has 1 aliphatic rings. The van der Waals surface area contributed by atoms with Gasteiger partial charge in [-0.2, -0.15) is 0 Å². The zero-order chi connectivity index (χ0) is 16.0. The molecule has 0 saturated carbocycles. The van der Waals surface area contributed by atoms with Gasteiger partial charge in [-0.15, -0.1) is 0 Å². The highest BCUT2D eigenvalue weighted by Gasteiger charge is 2.23. The Kier molecular flexibility index (Phi) is 3.13. The maximum Gasteiger partial charge on any atom is 0.262 e. The highest BCUT2D eigenvalue weighted by Crippen LogP contribution is 2.35. The van der Waals surface area contributed by atoms with Gasteiger partial charge in [0.15, 0.2) is 0 Å². The molecular weight excluding hydrogens is 313 g/mol. The normalized spacial score (nSPS) is 13.4. The van der Waals surface area contributed by atoms with Crippen molar-refractivity contribution in [3.8, 4) is 0 Å². The number of aryl methyl sites for hydroxylation is 2. The zero-order valence-corrected chi connectivity index (χ0v) is 13.0. The van der Waals surface area contributed by atoms with Crippen LogP contribution in [0.2, 0.25) is 0 Å². The van der Waals surface area contributed by atoms with E-state index >= 15 is 0 Å². The van der Waals surface area contributed by atoms with E-state index in [1.165, 1.54) is 29.3 Å². The number of para-hydroxylation sites is 1. The second kappa shape index (κ2) is 5.06. The highest BCUT2D eigenvalue weighted by molar-refractivity contribution is 7.93. The van der Waals surface area contributed by atoms with Crippen LogP contribution in [0.1, 0.15) is 11.1 Å². The minimum Gasteiger partial charge on any atom is -0.277 e. The Balaban J connectivity index is 1.88. The lowest BCUT2D eigenvalue weighted by Gasteiger charge is -2.12. The molecule has 0 aliphatic heterocycles. The van der Waals surface area contributed by atoms with Gasteiger partial charge in [-0.1, -0.05) is 36.4 Å². The van der Waals surface area contributed by atoms with E-state index in [9.17, 15) is 12.8 Å². The van der Waals surface area contributed by atoms with Crippen molar-refractivity contribution in [1.29, 1.82) is 0 Å². The average molecular weight is 327 g/mol. The molecule has 116 valence electrons. The summed E-state index contributed by atoms with van der Waals surface area (Å²) in [7, 11) is -3.86. The second-order valence-electron chi connectivity index (χ2n) is 5.65. The van der Waals surface area contributed by atoms with E-state index in [-0.39, 0.29) is 10.6 Å². The molecule has 0 aromatic heterocycles. The number of anilines is 1. The molecule has 0 saturated heterocycles. The van der Waals surface area contributed by atoms with Gasteiger partial charge in [-0.3, -0.25) is 4.72 Å². The second-order valence-corrected chi connectivity index (χ2v) is 7.30. The SMILES string of the molecule is O=S(=O)(Nc1ccccc1F)c1ccc2c3c(cccc13)CC2. The Hall–Kier alpha value is -2.40. The van der Waals surface area contributed by atoms with Crippen LogP contribution >= 0.6 is 0 Å². The molecule has 0 bridgehead atoms. The van der Waals surface area contributed by atoms with Crippen LogP contribution in [-0.2, 0) is 22.9 Å². The van der Waals surface area contributed by atoms with Gasteiger partial charge in [0.2, 0.25) is 0 Å². The Bertz CT molecular complexity index is 1020. The standard InChI is InChI=1S/C18H14FNO2S/c19-15-6-1-2-7-16(15)20-23(21,22)17-11-10-13-9-8-12-4-3-5-14(17)18(12)13/h1-7,10-11,20H,8-9H2. The van der Waals surface area contributed by atoms with Crippen LogP contribution in [-0.4, -0.2) is 8.42 Å². The van der Waals surface area contributed by atoms with Gasteiger partial charge in [0, 0.05) is 5.39 Å². The Labute approximate surface area is 133 Å². The Morgan fingerprint density at radius 1 is 0.870 bits per heavy atom. The zero-order valence-electron chi connectivity index (χ0n) is 12.2. The third-order valence-electron chi connectivity index (χ3n) is 4.24. The number of benzene rings is 3. The fourth-order valence-electron chi connectivity index (χ4n) is 3.20. The summed E-state index contributed by atoms with van der Waals surface area (Å²) < 4.78 is 41.6. The maximum absolute atomic E-state index is 13.8. The fourth-order valence-corrected chi connectivity index (χ4v) is 4.47. The van der Waals surface area contributed by atoms with Gasteiger partial charge >= 0.3 is 0 Å². The number of hydrogen-bond donors (Lipinski definition) is 1. The molecule has 23 heavy (non-hydrogen) atoms. The molecule has 0 radical (unpaired) electrons. The van der Waals surface area contributed by atoms with Crippen molar-refractivity contribution < 1.29 is 12.8 Å². The number of hydrogen-bond acceptors (Lipinski definition) is 2. The van der Waals surface area contributed by atoms with Gasteiger partial charge in [0.1, 0.15) is 5.82 Å². The molecule has 3 aromatic carbocycles. The topological polar surface area (TPSA) is 46.2 Å². The summed E-state index contributed by atoms with van der Waals surface area (Å²) in [4.78, 5) is 0.184. The monoisotopic (exact) mass is 327 g/mol. The molecule has 4 rings (SSSR count). The maximum atomic E-state index is 13.8. The fraction of sp³-hybridized carbons (Fsp3) is 0.111. The first-order chi connectivity index (χ1) is 11.1. The minimum absolute atomic E-state index is 0.0456. The summed E-state index contributed by atoms with van der Waals surface area (Å²) in [6, 6.07) is 14.9. The lowest BCUT2D eigenvalue weighted by molar-refractivity contribution is 0.599. The summed E-state index contributed by atoms with van der Waals surface area (Å²) in [5, 5.41) is 1.71. The van der Waals surface area contributed by atoms with E-state index in [2.05, 4.69) is 4.72 Å². The number of sulfonamides is 1. The van der Waals surface area contributed by atoms with Crippen LogP contribution < -0.4 is 4.72 Å². The molecule has 1 aliphatic carbocycles. The van der Waals surface area contributed by atoms with E-state index in [4.69, 9.17) is 0 Å². The van der Waals surface area contributed by atoms with Crippen molar-refractivity contribution in [2.24, 2.45) is 0 Å². The predicted octanol–water partition coefficient (Wildman–Crippen LogP) is 3.88. The molecule has 0 fully saturated rings.